The predicted molar refractivity (Wildman–Crippen MR) is 72.5 cm³/mol. The maximum absolute atomic E-state index is 11.5. The Bertz CT molecular complexity index is 500. The second-order valence-corrected chi connectivity index (χ2v) is 7.06. The van der Waals surface area contributed by atoms with Gasteiger partial charge in [-0.05, 0) is 6.42 Å². The number of rotatable bonds is 3. The fourth-order valence-electron chi connectivity index (χ4n) is 1.93. The van der Waals surface area contributed by atoms with Crippen LogP contribution in [-0.4, -0.2) is 54.5 Å². The summed E-state index contributed by atoms with van der Waals surface area (Å²) >= 11 is 1.40. The highest BCUT2D eigenvalue weighted by Crippen LogP contribution is 2.19. The molecular weight excluding hydrogens is 272 g/mol. The standard InChI is InChI=1S/C10H18N4O2S2/c1-3-9-11-10(17-12-9)13-5-4-6-14(8-7-13)18(2,15)16/h3-8H2,1-2H3. The average Bonchev–Trinajstić information content (AvgIpc) is 2.64. The Hall–Kier alpha value is -0.730. The van der Waals surface area contributed by atoms with Crippen LogP contribution in [0.4, 0.5) is 5.13 Å². The number of hydrogen-bond donors (Lipinski definition) is 0. The third kappa shape index (κ3) is 3.18. The molecule has 6 nitrogen and oxygen atoms in total. The van der Waals surface area contributed by atoms with Crippen molar-refractivity contribution in [2.45, 2.75) is 19.8 Å². The molecule has 1 fully saturated rings. The Kier molecular flexibility index (Phi) is 4.18. The summed E-state index contributed by atoms with van der Waals surface area (Å²) in [6.07, 6.45) is 2.93. The number of aromatic nitrogens is 2. The third-order valence-corrected chi connectivity index (χ3v) is 5.09. The number of nitrogens with zero attached hydrogens (tertiary/aromatic N) is 4. The van der Waals surface area contributed by atoms with E-state index in [4.69, 9.17) is 0 Å². The molecule has 1 aliphatic rings. The molecule has 18 heavy (non-hydrogen) atoms. The Balaban J connectivity index is 2.05. The summed E-state index contributed by atoms with van der Waals surface area (Å²) in [5.41, 5.74) is 0. The van der Waals surface area contributed by atoms with Crippen LogP contribution in [-0.2, 0) is 16.4 Å². The summed E-state index contributed by atoms with van der Waals surface area (Å²) < 4.78 is 28.8. The molecule has 1 aromatic rings. The maximum Gasteiger partial charge on any atom is 0.211 e. The van der Waals surface area contributed by atoms with Crippen LogP contribution in [0.2, 0.25) is 0 Å². The number of hydrogen-bond acceptors (Lipinski definition) is 6. The minimum Gasteiger partial charge on any atom is -0.345 e. The van der Waals surface area contributed by atoms with Crippen molar-refractivity contribution in [2.24, 2.45) is 0 Å². The molecular formula is C10H18N4O2S2. The van der Waals surface area contributed by atoms with Crippen molar-refractivity contribution in [3.8, 4) is 0 Å². The Labute approximate surface area is 112 Å². The first-order chi connectivity index (χ1) is 8.50. The molecule has 0 spiro atoms. The molecule has 8 heteroatoms. The van der Waals surface area contributed by atoms with Gasteiger partial charge in [-0.1, -0.05) is 6.92 Å². The van der Waals surface area contributed by atoms with Gasteiger partial charge in [0.25, 0.3) is 0 Å². The Morgan fingerprint density at radius 3 is 2.67 bits per heavy atom. The SMILES string of the molecule is CCc1nsc(N2CCCN(S(C)(=O)=O)CC2)n1. The van der Waals surface area contributed by atoms with E-state index in [9.17, 15) is 8.42 Å². The fraction of sp³-hybridized carbons (Fsp3) is 0.800. The summed E-state index contributed by atoms with van der Waals surface area (Å²) in [7, 11) is -3.08. The van der Waals surface area contributed by atoms with Crippen molar-refractivity contribution >= 4 is 26.7 Å². The number of aryl methyl sites for hydroxylation is 1. The molecule has 0 aromatic carbocycles. The van der Waals surface area contributed by atoms with Crippen LogP contribution in [0.5, 0.6) is 0 Å². The molecule has 1 aliphatic heterocycles. The monoisotopic (exact) mass is 290 g/mol. The van der Waals surface area contributed by atoms with Crippen LogP contribution in [0.1, 0.15) is 19.2 Å². The smallest absolute Gasteiger partial charge is 0.211 e. The van der Waals surface area contributed by atoms with Crippen molar-refractivity contribution in [3.63, 3.8) is 0 Å². The molecule has 1 aromatic heterocycles. The zero-order valence-corrected chi connectivity index (χ0v) is 12.3. The summed E-state index contributed by atoms with van der Waals surface area (Å²) in [4.78, 5) is 6.57. The molecule has 0 saturated carbocycles. The quantitative estimate of drug-likeness (QED) is 0.814. The zero-order valence-electron chi connectivity index (χ0n) is 10.7. The third-order valence-electron chi connectivity index (χ3n) is 2.97. The summed E-state index contributed by atoms with van der Waals surface area (Å²) in [5, 5.41) is 0.905. The summed E-state index contributed by atoms with van der Waals surface area (Å²) in [6, 6.07) is 0. The largest absolute Gasteiger partial charge is 0.345 e. The van der Waals surface area contributed by atoms with Crippen LogP contribution in [0.3, 0.4) is 0 Å². The minimum absolute atomic E-state index is 0.528. The second-order valence-electron chi connectivity index (χ2n) is 4.35. The first-order valence-corrected chi connectivity index (χ1v) is 8.65. The van der Waals surface area contributed by atoms with E-state index in [-0.39, 0.29) is 0 Å². The van der Waals surface area contributed by atoms with E-state index in [1.165, 1.54) is 22.1 Å². The topological polar surface area (TPSA) is 66.4 Å². The lowest BCUT2D eigenvalue weighted by molar-refractivity contribution is 0.437. The molecule has 0 radical (unpaired) electrons. The molecule has 0 unspecified atom stereocenters. The van der Waals surface area contributed by atoms with Crippen LogP contribution in [0, 0.1) is 0 Å². The van der Waals surface area contributed by atoms with E-state index < -0.39 is 10.0 Å². The first kappa shape index (κ1) is 13.7. The van der Waals surface area contributed by atoms with Crippen LogP contribution in [0.25, 0.3) is 0 Å². The molecule has 0 N–H and O–H groups in total. The van der Waals surface area contributed by atoms with Gasteiger partial charge >= 0.3 is 0 Å². The van der Waals surface area contributed by atoms with E-state index in [0.717, 1.165) is 30.3 Å². The van der Waals surface area contributed by atoms with Gasteiger partial charge < -0.3 is 4.90 Å². The first-order valence-electron chi connectivity index (χ1n) is 6.03. The van der Waals surface area contributed by atoms with Gasteiger partial charge in [-0.3, -0.25) is 0 Å². The summed E-state index contributed by atoms with van der Waals surface area (Å²) in [6.45, 7) is 4.67. The van der Waals surface area contributed by atoms with E-state index in [0.29, 0.717) is 19.6 Å². The van der Waals surface area contributed by atoms with Crippen molar-refractivity contribution in [1.82, 2.24) is 13.7 Å². The maximum atomic E-state index is 11.5. The highest BCUT2D eigenvalue weighted by Gasteiger charge is 2.22. The Morgan fingerprint density at radius 2 is 2.06 bits per heavy atom. The zero-order chi connectivity index (χ0) is 13.2. The van der Waals surface area contributed by atoms with Crippen LogP contribution < -0.4 is 4.90 Å². The Morgan fingerprint density at radius 1 is 1.28 bits per heavy atom. The van der Waals surface area contributed by atoms with Crippen molar-refractivity contribution in [3.05, 3.63) is 5.82 Å². The van der Waals surface area contributed by atoms with Crippen molar-refractivity contribution < 1.29 is 8.42 Å². The van der Waals surface area contributed by atoms with E-state index in [1.807, 2.05) is 6.92 Å². The van der Waals surface area contributed by atoms with E-state index in [1.54, 1.807) is 0 Å². The van der Waals surface area contributed by atoms with Gasteiger partial charge in [0.05, 0.1) is 6.26 Å². The van der Waals surface area contributed by atoms with Crippen molar-refractivity contribution in [2.75, 3.05) is 37.3 Å². The lowest BCUT2D eigenvalue weighted by atomic mass is 10.4. The number of anilines is 1. The van der Waals surface area contributed by atoms with Gasteiger partial charge in [0.1, 0.15) is 5.82 Å². The lowest BCUT2D eigenvalue weighted by Crippen LogP contribution is -2.34. The summed E-state index contributed by atoms with van der Waals surface area (Å²) in [5.74, 6) is 0.860. The lowest BCUT2D eigenvalue weighted by Gasteiger charge is -2.19. The van der Waals surface area contributed by atoms with Gasteiger partial charge in [0, 0.05) is 44.1 Å². The van der Waals surface area contributed by atoms with Crippen LogP contribution in [0.15, 0.2) is 0 Å². The molecule has 0 atom stereocenters. The van der Waals surface area contributed by atoms with Crippen molar-refractivity contribution in [1.29, 1.82) is 0 Å². The van der Waals surface area contributed by atoms with Gasteiger partial charge in [-0.2, -0.15) is 4.37 Å². The molecule has 2 rings (SSSR count). The molecule has 102 valence electrons. The van der Waals surface area contributed by atoms with Gasteiger partial charge in [0.15, 0.2) is 0 Å². The van der Waals surface area contributed by atoms with E-state index in [2.05, 4.69) is 14.3 Å². The number of sulfonamides is 1. The molecule has 2 heterocycles. The van der Waals surface area contributed by atoms with Crippen LogP contribution >= 0.6 is 11.5 Å². The molecule has 1 saturated heterocycles. The minimum atomic E-state index is -3.08. The second kappa shape index (κ2) is 5.50. The van der Waals surface area contributed by atoms with Gasteiger partial charge in [-0.25, -0.2) is 17.7 Å². The van der Waals surface area contributed by atoms with Gasteiger partial charge in [0.2, 0.25) is 15.2 Å². The highest BCUT2D eigenvalue weighted by atomic mass is 32.2. The fourth-order valence-corrected chi connectivity index (χ4v) is 3.61. The highest BCUT2D eigenvalue weighted by molar-refractivity contribution is 7.88. The normalized spacial score (nSPS) is 18.9. The van der Waals surface area contributed by atoms with E-state index >= 15 is 0 Å². The predicted octanol–water partition coefficient (Wildman–Crippen LogP) is 0.572. The molecule has 0 bridgehead atoms. The average molecular weight is 290 g/mol. The molecule has 0 aliphatic carbocycles. The molecule has 0 amide bonds. The van der Waals surface area contributed by atoms with Gasteiger partial charge in [-0.15, -0.1) is 0 Å².